The lowest BCUT2D eigenvalue weighted by Gasteiger charge is -2.08. The first-order chi connectivity index (χ1) is 9.61. The van der Waals surface area contributed by atoms with Gasteiger partial charge in [-0.25, -0.2) is 4.98 Å². The van der Waals surface area contributed by atoms with E-state index in [0.29, 0.717) is 5.75 Å². The number of imidazole rings is 1. The summed E-state index contributed by atoms with van der Waals surface area (Å²) in [4.78, 5) is 26.7. The second-order valence-electron chi connectivity index (χ2n) is 4.21. The van der Waals surface area contributed by atoms with E-state index in [9.17, 15) is 9.59 Å². The van der Waals surface area contributed by atoms with Gasteiger partial charge in [-0.2, -0.15) is 11.8 Å². The molecule has 0 saturated carbocycles. The Kier molecular flexibility index (Phi) is 4.62. The van der Waals surface area contributed by atoms with E-state index in [0.717, 1.165) is 16.9 Å². The van der Waals surface area contributed by atoms with Crippen LogP contribution in [0.5, 0.6) is 0 Å². The highest BCUT2D eigenvalue weighted by Gasteiger charge is 2.13. The zero-order valence-corrected chi connectivity index (χ0v) is 11.8. The quantitative estimate of drug-likeness (QED) is 0.833. The first-order valence-electron chi connectivity index (χ1n) is 6.03. The topological polar surface area (TPSA) is 84.2 Å². The van der Waals surface area contributed by atoms with Gasteiger partial charge in [-0.05, 0) is 18.4 Å². The number of nitrogens with zero attached hydrogens (tertiary/aromatic N) is 2. The molecule has 2 aromatic rings. The molecule has 0 unspecified atom stereocenters. The number of hydrogen-bond acceptors (Lipinski definition) is 4. The van der Waals surface area contributed by atoms with Gasteiger partial charge in [-0.15, -0.1) is 0 Å². The van der Waals surface area contributed by atoms with Gasteiger partial charge in [0, 0.05) is 0 Å². The molecule has 1 heterocycles. The fraction of sp³-hybridized carbons (Fsp3) is 0.308. The van der Waals surface area contributed by atoms with Gasteiger partial charge >= 0.3 is 5.97 Å². The number of carbonyl (C=O) groups excluding carboxylic acids is 1. The molecule has 0 atom stereocenters. The van der Waals surface area contributed by atoms with Crippen LogP contribution in [0.1, 0.15) is 5.82 Å². The molecule has 1 aromatic heterocycles. The molecule has 6 nitrogen and oxygen atoms in total. The number of fused-ring (bicyclic) bond motifs is 1. The van der Waals surface area contributed by atoms with Crippen molar-refractivity contribution in [3.05, 3.63) is 30.1 Å². The van der Waals surface area contributed by atoms with Gasteiger partial charge in [0.15, 0.2) is 0 Å². The Bertz CT molecular complexity index is 639. The molecule has 0 aliphatic heterocycles. The van der Waals surface area contributed by atoms with Gasteiger partial charge in [0.05, 0.1) is 16.8 Å². The Morgan fingerprint density at radius 1 is 1.40 bits per heavy atom. The summed E-state index contributed by atoms with van der Waals surface area (Å²) in [5.41, 5.74) is 1.71. The molecular weight excluding hydrogens is 278 g/mol. The molecule has 20 heavy (non-hydrogen) atoms. The highest BCUT2D eigenvalue weighted by Crippen LogP contribution is 2.18. The number of carboxylic acids is 1. The number of hydrogen-bond donors (Lipinski definition) is 2. The van der Waals surface area contributed by atoms with Crippen LogP contribution < -0.4 is 5.32 Å². The van der Waals surface area contributed by atoms with E-state index in [1.165, 1.54) is 0 Å². The van der Waals surface area contributed by atoms with Crippen LogP contribution in [0, 0.1) is 0 Å². The van der Waals surface area contributed by atoms with E-state index in [1.54, 1.807) is 11.8 Å². The van der Waals surface area contributed by atoms with Crippen LogP contribution in [0.15, 0.2) is 24.3 Å². The third-order valence-electron chi connectivity index (χ3n) is 2.75. The fourth-order valence-corrected chi connectivity index (χ4v) is 2.39. The summed E-state index contributed by atoms with van der Waals surface area (Å²) in [7, 11) is 0. The Morgan fingerprint density at radius 3 is 2.85 bits per heavy atom. The second kappa shape index (κ2) is 6.42. The zero-order chi connectivity index (χ0) is 14.5. The minimum atomic E-state index is -1.06. The Labute approximate surface area is 120 Å². The Balaban J connectivity index is 2.24. The average molecular weight is 293 g/mol. The summed E-state index contributed by atoms with van der Waals surface area (Å²) in [6.45, 7) is -0.299. The lowest BCUT2D eigenvalue weighted by atomic mass is 10.3. The molecule has 0 spiro atoms. The number of amides is 1. The van der Waals surface area contributed by atoms with Crippen molar-refractivity contribution in [3.63, 3.8) is 0 Å². The molecule has 0 aliphatic rings. The van der Waals surface area contributed by atoms with E-state index in [-0.39, 0.29) is 19.0 Å². The van der Waals surface area contributed by atoms with Crippen LogP contribution in [0.25, 0.3) is 11.0 Å². The standard InChI is InChI=1S/C13H15N3O3S/c1-20-8-11-15-9-4-2-3-5-10(9)16(11)7-12(17)14-6-13(18)19/h2-5H,6-8H2,1H3,(H,14,17)(H,18,19). The SMILES string of the molecule is CSCc1nc2ccccc2n1CC(=O)NCC(=O)O. The van der Waals surface area contributed by atoms with E-state index in [2.05, 4.69) is 10.3 Å². The summed E-state index contributed by atoms with van der Waals surface area (Å²) < 4.78 is 1.82. The first kappa shape index (κ1) is 14.4. The van der Waals surface area contributed by atoms with Gasteiger partial charge in [0.25, 0.3) is 0 Å². The molecule has 106 valence electrons. The van der Waals surface area contributed by atoms with E-state index >= 15 is 0 Å². The minimum Gasteiger partial charge on any atom is -0.480 e. The first-order valence-corrected chi connectivity index (χ1v) is 7.42. The third kappa shape index (κ3) is 3.30. The van der Waals surface area contributed by atoms with Crippen LogP contribution in [-0.2, 0) is 21.9 Å². The van der Waals surface area contributed by atoms with Crippen LogP contribution in [-0.4, -0.2) is 39.3 Å². The van der Waals surface area contributed by atoms with Crippen LogP contribution in [0.4, 0.5) is 0 Å². The van der Waals surface area contributed by atoms with Crippen molar-refractivity contribution in [2.24, 2.45) is 0 Å². The molecule has 7 heteroatoms. The van der Waals surface area contributed by atoms with Gasteiger partial charge < -0.3 is 15.0 Å². The van der Waals surface area contributed by atoms with E-state index in [1.807, 2.05) is 35.1 Å². The van der Waals surface area contributed by atoms with Gasteiger partial charge in [-0.1, -0.05) is 12.1 Å². The minimum absolute atomic E-state index is 0.0731. The summed E-state index contributed by atoms with van der Waals surface area (Å²) in [5, 5.41) is 10.9. The molecule has 0 radical (unpaired) electrons. The molecule has 2 N–H and O–H groups in total. The molecule has 0 bridgehead atoms. The van der Waals surface area contributed by atoms with Crippen LogP contribution >= 0.6 is 11.8 Å². The lowest BCUT2D eigenvalue weighted by Crippen LogP contribution is -2.32. The second-order valence-corrected chi connectivity index (χ2v) is 5.07. The van der Waals surface area contributed by atoms with E-state index in [4.69, 9.17) is 5.11 Å². The Hall–Kier alpha value is -2.02. The number of carbonyl (C=O) groups is 2. The number of carboxylic acid groups (broad SMARTS) is 1. The van der Waals surface area contributed by atoms with Crippen molar-refractivity contribution in [3.8, 4) is 0 Å². The normalized spacial score (nSPS) is 10.7. The van der Waals surface area contributed by atoms with Gasteiger partial charge in [0.2, 0.25) is 5.91 Å². The lowest BCUT2D eigenvalue weighted by molar-refractivity contribution is -0.138. The Morgan fingerprint density at radius 2 is 2.15 bits per heavy atom. The number of aliphatic carboxylic acids is 1. The number of para-hydroxylation sites is 2. The van der Waals surface area contributed by atoms with Crippen LogP contribution in [0.3, 0.4) is 0 Å². The molecule has 1 aromatic carbocycles. The van der Waals surface area contributed by atoms with Crippen molar-refractivity contribution >= 4 is 34.7 Å². The summed E-state index contributed by atoms with van der Waals surface area (Å²) >= 11 is 1.62. The third-order valence-corrected chi connectivity index (χ3v) is 3.29. The van der Waals surface area contributed by atoms with Crippen molar-refractivity contribution in [1.29, 1.82) is 0 Å². The maximum atomic E-state index is 11.8. The predicted molar refractivity (Wildman–Crippen MR) is 77.6 cm³/mol. The zero-order valence-electron chi connectivity index (χ0n) is 11.0. The summed E-state index contributed by atoms with van der Waals surface area (Å²) in [6, 6.07) is 7.58. The highest BCUT2D eigenvalue weighted by molar-refractivity contribution is 7.97. The smallest absolute Gasteiger partial charge is 0.322 e. The average Bonchev–Trinajstić information content (AvgIpc) is 2.75. The molecule has 1 amide bonds. The van der Waals surface area contributed by atoms with Crippen LogP contribution in [0.2, 0.25) is 0 Å². The largest absolute Gasteiger partial charge is 0.480 e. The number of thioether (sulfide) groups is 1. The van der Waals surface area contributed by atoms with Crippen molar-refractivity contribution in [1.82, 2.24) is 14.9 Å². The molecule has 2 rings (SSSR count). The number of nitrogens with one attached hydrogen (secondary N) is 1. The summed E-state index contributed by atoms with van der Waals surface area (Å²) in [6.07, 6.45) is 1.97. The van der Waals surface area contributed by atoms with Gasteiger partial charge in [-0.3, -0.25) is 9.59 Å². The van der Waals surface area contributed by atoms with Gasteiger partial charge in [0.1, 0.15) is 18.9 Å². The summed E-state index contributed by atoms with van der Waals surface area (Å²) in [5.74, 6) is 0.112. The monoisotopic (exact) mass is 293 g/mol. The van der Waals surface area contributed by atoms with Crippen molar-refractivity contribution in [2.75, 3.05) is 12.8 Å². The molecule has 0 saturated heterocycles. The van der Waals surface area contributed by atoms with Crippen molar-refractivity contribution in [2.45, 2.75) is 12.3 Å². The predicted octanol–water partition coefficient (Wildman–Crippen LogP) is 1.10. The van der Waals surface area contributed by atoms with E-state index < -0.39 is 5.97 Å². The highest BCUT2D eigenvalue weighted by atomic mass is 32.2. The molecular formula is C13H15N3O3S. The van der Waals surface area contributed by atoms with Crippen molar-refractivity contribution < 1.29 is 14.7 Å². The number of benzene rings is 1. The maximum Gasteiger partial charge on any atom is 0.322 e. The fourth-order valence-electron chi connectivity index (χ4n) is 1.91. The maximum absolute atomic E-state index is 11.8. The molecule has 0 aliphatic carbocycles. The molecule has 0 fully saturated rings. The number of aromatic nitrogens is 2. The number of rotatable bonds is 6.